The van der Waals surface area contributed by atoms with Crippen molar-refractivity contribution in [2.24, 2.45) is 5.92 Å². The minimum atomic E-state index is -0.801. The summed E-state index contributed by atoms with van der Waals surface area (Å²) in [6.07, 6.45) is 2.25. The highest BCUT2D eigenvalue weighted by Crippen LogP contribution is 2.20. The fourth-order valence-corrected chi connectivity index (χ4v) is 2.83. The molecule has 2 heterocycles. The molecule has 6 heteroatoms. The third-order valence-corrected chi connectivity index (χ3v) is 4.14. The van der Waals surface area contributed by atoms with Crippen LogP contribution < -0.4 is 0 Å². The molecule has 0 aromatic carbocycles. The van der Waals surface area contributed by atoms with E-state index in [9.17, 15) is 9.59 Å². The number of nitrogens with zero attached hydrogens (tertiary/aromatic N) is 3. The minimum absolute atomic E-state index is 0.0731. The Labute approximate surface area is 114 Å². The van der Waals surface area contributed by atoms with Crippen molar-refractivity contribution in [3.8, 4) is 0 Å². The summed E-state index contributed by atoms with van der Waals surface area (Å²) in [5, 5.41) is 8.74. The number of rotatable bonds is 3. The van der Waals surface area contributed by atoms with Crippen LogP contribution in [-0.4, -0.2) is 77.6 Å². The van der Waals surface area contributed by atoms with Crippen molar-refractivity contribution >= 4 is 12.0 Å². The molecular weight excluding hydrogens is 246 g/mol. The molecule has 0 saturated carbocycles. The third kappa shape index (κ3) is 3.59. The number of carboxylic acids is 1. The molecule has 2 saturated heterocycles. The van der Waals surface area contributed by atoms with E-state index >= 15 is 0 Å². The number of carbonyl (C=O) groups is 2. The predicted molar refractivity (Wildman–Crippen MR) is 71.0 cm³/mol. The van der Waals surface area contributed by atoms with Crippen LogP contribution in [0.2, 0.25) is 0 Å². The van der Waals surface area contributed by atoms with Crippen LogP contribution in [0.15, 0.2) is 0 Å². The average Bonchev–Trinajstić information content (AvgIpc) is 2.87. The SMILES string of the molecule is CCC1CCN(C(=O)N2CCN(CC(=O)O)CC2)C1. The van der Waals surface area contributed by atoms with Crippen molar-refractivity contribution in [3.63, 3.8) is 0 Å². The summed E-state index contributed by atoms with van der Waals surface area (Å²) in [6.45, 7) is 6.58. The lowest BCUT2D eigenvalue weighted by atomic mass is 10.1. The van der Waals surface area contributed by atoms with Crippen LogP contribution in [-0.2, 0) is 4.79 Å². The average molecular weight is 269 g/mol. The monoisotopic (exact) mass is 269 g/mol. The number of likely N-dealkylation sites (tertiary alicyclic amines) is 1. The molecule has 0 spiro atoms. The Hall–Kier alpha value is -1.30. The maximum Gasteiger partial charge on any atom is 0.320 e. The number of piperazine rings is 1. The van der Waals surface area contributed by atoms with E-state index in [0.29, 0.717) is 32.1 Å². The number of aliphatic carboxylic acids is 1. The van der Waals surface area contributed by atoms with Gasteiger partial charge in [-0.15, -0.1) is 0 Å². The number of carboxylic acid groups (broad SMARTS) is 1. The fourth-order valence-electron chi connectivity index (χ4n) is 2.83. The highest BCUT2D eigenvalue weighted by Gasteiger charge is 2.30. The molecule has 2 aliphatic rings. The van der Waals surface area contributed by atoms with Gasteiger partial charge in [-0.25, -0.2) is 4.79 Å². The Kier molecular flexibility index (Phi) is 4.63. The summed E-state index contributed by atoms with van der Waals surface area (Å²) in [4.78, 5) is 28.6. The normalized spacial score (nSPS) is 24.8. The first-order valence-corrected chi connectivity index (χ1v) is 7.08. The Morgan fingerprint density at radius 3 is 2.32 bits per heavy atom. The first-order chi connectivity index (χ1) is 9.10. The first-order valence-electron chi connectivity index (χ1n) is 7.08. The Morgan fingerprint density at radius 1 is 1.11 bits per heavy atom. The number of carbonyl (C=O) groups excluding carboxylic acids is 1. The Balaban J connectivity index is 1.78. The van der Waals surface area contributed by atoms with E-state index in [1.807, 2.05) is 14.7 Å². The van der Waals surface area contributed by atoms with Gasteiger partial charge in [0.05, 0.1) is 6.54 Å². The van der Waals surface area contributed by atoms with Gasteiger partial charge in [-0.2, -0.15) is 0 Å². The lowest BCUT2D eigenvalue weighted by Gasteiger charge is -2.36. The summed E-state index contributed by atoms with van der Waals surface area (Å²) in [6, 6.07) is 0.130. The molecule has 2 rings (SSSR count). The highest BCUT2D eigenvalue weighted by atomic mass is 16.4. The predicted octanol–water partition coefficient (Wildman–Crippen LogP) is 0.541. The smallest absolute Gasteiger partial charge is 0.320 e. The zero-order valence-electron chi connectivity index (χ0n) is 11.5. The van der Waals surface area contributed by atoms with Gasteiger partial charge >= 0.3 is 12.0 Å². The second-order valence-corrected chi connectivity index (χ2v) is 5.45. The second-order valence-electron chi connectivity index (χ2n) is 5.45. The summed E-state index contributed by atoms with van der Waals surface area (Å²) < 4.78 is 0. The van der Waals surface area contributed by atoms with Gasteiger partial charge in [-0.3, -0.25) is 9.69 Å². The lowest BCUT2D eigenvalue weighted by molar-refractivity contribution is -0.138. The van der Waals surface area contributed by atoms with Gasteiger partial charge in [-0.1, -0.05) is 13.3 Å². The van der Waals surface area contributed by atoms with Crippen LogP contribution in [0.25, 0.3) is 0 Å². The molecule has 19 heavy (non-hydrogen) atoms. The quantitative estimate of drug-likeness (QED) is 0.812. The summed E-state index contributed by atoms with van der Waals surface area (Å²) >= 11 is 0. The Bertz CT molecular complexity index is 340. The summed E-state index contributed by atoms with van der Waals surface area (Å²) in [5.74, 6) is -0.151. The molecule has 0 bridgehead atoms. The number of amides is 2. The number of urea groups is 1. The maximum absolute atomic E-state index is 12.3. The van der Waals surface area contributed by atoms with Crippen molar-refractivity contribution in [1.82, 2.24) is 14.7 Å². The third-order valence-electron chi connectivity index (χ3n) is 4.14. The lowest BCUT2D eigenvalue weighted by Crippen LogP contribution is -2.53. The first kappa shape index (κ1) is 14.1. The molecule has 0 aliphatic carbocycles. The van der Waals surface area contributed by atoms with Crippen molar-refractivity contribution in [2.75, 3.05) is 45.8 Å². The van der Waals surface area contributed by atoms with E-state index in [1.165, 1.54) is 0 Å². The van der Waals surface area contributed by atoms with Gasteiger partial charge in [0.1, 0.15) is 0 Å². The van der Waals surface area contributed by atoms with Crippen LogP contribution in [0.5, 0.6) is 0 Å². The fraction of sp³-hybridized carbons (Fsp3) is 0.846. The molecule has 1 N–H and O–H groups in total. The molecule has 2 fully saturated rings. The zero-order chi connectivity index (χ0) is 13.8. The van der Waals surface area contributed by atoms with Gasteiger partial charge in [0.25, 0.3) is 0 Å². The van der Waals surface area contributed by atoms with E-state index < -0.39 is 5.97 Å². The van der Waals surface area contributed by atoms with E-state index in [2.05, 4.69) is 6.92 Å². The second kappa shape index (κ2) is 6.23. The molecule has 1 unspecified atom stereocenters. The molecule has 2 amide bonds. The van der Waals surface area contributed by atoms with Gasteiger partial charge in [0, 0.05) is 39.3 Å². The van der Waals surface area contributed by atoms with Gasteiger partial charge in [0.15, 0.2) is 0 Å². The maximum atomic E-state index is 12.3. The van der Waals surface area contributed by atoms with Crippen LogP contribution in [0.3, 0.4) is 0 Å². The standard InChI is InChI=1S/C13H23N3O3/c1-2-11-3-4-16(9-11)13(19)15-7-5-14(6-8-15)10-12(17)18/h11H,2-10H2,1H3,(H,17,18). The largest absolute Gasteiger partial charge is 0.480 e. The van der Waals surface area contributed by atoms with Crippen LogP contribution in [0.1, 0.15) is 19.8 Å². The molecule has 108 valence electrons. The highest BCUT2D eigenvalue weighted by molar-refractivity contribution is 5.75. The van der Waals surface area contributed by atoms with Crippen LogP contribution >= 0.6 is 0 Å². The molecular formula is C13H23N3O3. The molecule has 0 radical (unpaired) electrons. The van der Waals surface area contributed by atoms with Crippen molar-refractivity contribution < 1.29 is 14.7 Å². The summed E-state index contributed by atoms with van der Waals surface area (Å²) in [5.41, 5.74) is 0. The molecule has 0 aromatic rings. The van der Waals surface area contributed by atoms with Crippen LogP contribution in [0.4, 0.5) is 4.79 Å². The topological polar surface area (TPSA) is 64.1 Å². The molecule has 6 nitrogen and oxygen atoms in total. The van der Waals surface area contributed by atoms with Gasteiger partial charge < -0.3 is 14.9 Å². The van der Waals surface area contributed by atoms with Crippen molar-refractivity contribution in [2.45, 2.75) is 19.8 Å². The van der Waals surface area contributed by atoms with Crippen molar-refractivity contribution in [3.05, 3.63) is 0 Å². The summed E-state index contributed by atoms with van der Waals surface area (Å²) in [7, 11) is 0. The van der Waals surface area contributed by atoms with E-state index in [0.717, 1.165) is 25.9 Å². The van der Waals surface area contributed by atoms with Gasteiger partial charge in [0.2, 0.25) is 0 Å². The molecule has 2 aliphatic heterocycles. The number of hydrogen-bond donors (Lipinski definition) is 1. The van der Waals surface area contributed by atoms with E-state index in [1.54, 1.807) is 0 Å². The van der Waals surface area contributed by atoms with Crippen LogP contribution in [0, 0.1) is 5.92 Å². The van der Waals surface area contributed by atoms with Gasteiger partial charge in [-0.05, 0) is 12.3 Å². The molecule has 0 aromatic heterocycles. The van der Waals surface area contributed by atoms with E-state index in [4.69, 9.17) is 5.11 Å². The number of hydrogen-bond acceptors (Lipinski definition) is 3. The zero-order valence-corrected chi connectivity index (χ0v) is 11.5. The molecule has 1 atom stereocenters. The van der Waals surface area contributed by atoms with E-state index in [-0.39, 0.29) is 12.6 Å². The van der Waals surface area contributed by atoms with Crippen molar-refractivity contribution in [1.29, 1.82) is 0 Å². The Morgan fingerprint density at radius 2 is 1.79 bits per heavy atom. The minimum Gasteiger partial charge on any atom is -0.480 e.